The molecule has 0 spiro atoms. The first kappa shape index (κ1) is 26.2. The van der Waals surface area contributed by atoms with Gasteiger partial charge in [0.2, 0.25) is 0 Å². The van der Waals surface area contributed by atoms with E-state index >= 15 is 0 Å². The molecule has 3 aromatic rings. The van der Waals surface area contributed by atoms with Crippen molar-refractivity contribution in [2.24, 2.45) is 0 Å². The van der Waals surface area contributed by atoms with Gasteiger partial charge < -0.3 is 9.47 Å². The molecule has 7 nitrogen and oxygen atoms in total. The van der Waals surface area contributed by atoms with Gasteiger partial charge in [-0.15, -0.1) is 0 Å². The first-order chi connectivity index (χ1) is 17.2. The number of methoxy groups -OCH3 is 1. The maximum Gasteiger partial charge on any atom is 0.335 e. The summed E-state index contributed by atoms with van der Waals surface area (Å²) >= 11 is 11.7. The largest absolute Gasteiger partial charge is 0.493 e. The van der Waals surface area contributed by atoms with Gasteiger partial charge in [-0.25, -0.2) is 9.69 Å². The molecule has 4 rings (SSSR count). The summed E-state index contributed by atoms with van der Waals surface area (Å²) in [5.74, 6) is -0.577. The number of halogens is 3. The lowest BCUT2D eigenvalue weighted by atomic mass is 10.1. The zero-order valence-corrected chi connectivity index (χ0v) is 23.6. The Morgan fingerprint density at radius 2 is 1.86 bits per heavy atom. The van der Waals surface area contributed by atoms with E-state index in [0.717, 1.165) is 14.9 Å². The SMILES string of the molecule is COc1cc(/C=C2\C(=O)NC(=O)N(c3cc(Cl)ccc3C)C2=O)cc(I)c1OCc1ccccc1Br. The van der Waals surface area contributed by atoms with Crippen molar-refractivity contribution < 1.29 is 23.9 Å². The third-order valence-electron chi connectivity index (χ3n) is 5.41. The molecule has 3 aromatic carbocycles. The molecular formula is C26H19BrClIN2O5. The van der Waals surface area contributed by atoms with Crippen LogP contribution in [0.4, 0.5) is 10.5 Å². The van der Waals surface area contributed by atoms with Crippen LogP contribution < -0.4 is 19.7 Å². The summed E-state index contributed by atoms with van der Waals surface area (Å²) in [6.07, 6.45) is 1.42. The van der Waals surface area contributed by atoms with E-state index in [4.69, 9.17) is 21.1 Å². The minimum Gasteiger partial charge on any atom is -0.493 e. The maximum absolute atomic E-state index is 13.3. The lowest BCUT2D eigenvalue weighted by Crippen LogP contribution is -2.54. The predicted octanol–water partition coefficient (Wildman–Crippen LogP) is 6.27. The van der Waals surface area contributed by atoms with Crippen molar-refractivity contribution in [3.05, 3.63) is 89.9 Å². The summed E-state index contributed by atoms with van der Waals surface area (Å²) in [6, 6.07) is 15.2. The van der Waals surface area contributed by atoms with Gasteiger partial charge in [-0.05, 0) is 77.0 Å². The number of carbonyl (C=O) groups excluding carboxylic acids is 3. The van der Waals surface area contributed by atoms with Crippen molar-refractivity contribution in [2.45, 2.75) is 13.5 Å². The van der Waals surface area contributed by atoms with E-state index in [1.165, 1.54) is 19.3 Å². The Kier molecular flexibility index (Phi) is 8.01. The van der Waals surface area contributed by atoms with Crippen LogP contribution in [0.25, 0.3) is 6.08 Å². The number of urea groups is 1. The Balaban J connectivity index is 1.67. The Morgan fingerprint density at radius 1 is 1.11 bits per heavy atom. The summed E-state index contributed by atoms with van der Waals surface area (Å²) in [6.45, 7) is 2.05. The molecule has 0 radical (unpaired) electrons. The first-order valence-electron chi connectivity index (χ1n) is 10.6. The molecule has 1 saturated heterocycles. The monoisotopic (exact) mass is 680 g/mol. The average molecular weight is 682 g/mol. The van der Waals surface area contributed by atoms with Crippen LogP contribution in [0.3, 0.4) is 0 Å². The number of ether oxygens (including phenoxy) is 2. The zero-order chi connectivity index (χ0) is 26.0. The summed E-state index contributed by atoms with van der Waals surface area (Å²) < 4.78 is 13.2. The van der Waals surface area contributed by atoms with Crippen molar-refractivity contribution >= 4 is 79.7 Å². The number of anilines is 1. The molecule has 1 aliphatic heterocycles. The van der Waals surface area contributed by atoms with Gasteiger partial charge in [-0.3, -0.25) is 14.9 Å². The normalized spacial score (nSPS) is 14.8. The number of hydrogen-bond acceptors (Lipinski definition) is 5. The summed E-state index contributed by atoms with van der Waals surface area (Å²) in [5, 5.41) is 2.58. The van der Waals surface area contributed by atoms with Crippen LogP contribution in [0.15, 0.2) is 64.6 Å². The Bertz CT molecular complexity index is 1430. The molecule has 0 bridgehead atoms. The van der Waals surface area contributed by atoms with Crippen molar-refractivity contribution in [1.82, 2.24) is 5.32 Å². The molecule has 0 atom stereocenters. The molecule has 1 N–H and O–H groups in total. The van der Waals surface area contributed by atoms with Crippen LogP contribution in [0, 0.1) is 10.5 Å². The van der Waals surface area contributed by atoms with Crippen LogP contribution in [-0.4, -0.2) is 25.0 Å². The number of imide groups is 2. The van der Waals surface area contributed by atoms with E-state index in [1.54, 1.807) is 31.2 Å². The number of benzene rings is 3. The van der Waals surface area contributed by atoms with Gasteiger partial charge in [-0.1, -0.05) is 51.8 Å². The van der Waals surface area contributed by atoms with E-state index in [0.29, 0.717) is 43.5 Å². The minimum absolute atomic E-state index is 0.200. The molecule has 36 heavy (non-hydrogen) atoms. The lowest BCUT2D eigenvalue weighted by molar-refractivity contribution is -0.122. The Morgan fingerprint density at radius 3 is 2.58 bits per heavy atom. The fourth-order valence-electron chi connectivity index (χ4n) is 3.59. The van der Waals surface area contributed by atoms with Crippen LogP contribution in [0.1, 0.15) is 16.7 Å². The molecule has 4 amide bonds. The van der Waals surface area contributed by atoms with Gasteiger partial charge in [0.05, 0.1) is 16.4 Å². The number of nitrogens with one attached hydrogen (secondary N) is 1. The second kappa shape index (κ2) is 11.0. The van der Waals surface area contributed by atoms with Crippen molar-refractivity contribution in [2.75, 3.05) is 12.0 Å². The summed E-state index contributed by atoms with van der Waals surface area (Å²) in [7, 11) is 1.51. The number of aryl methyl sites for hydroxylation is 1. The molecule has 0 aliphatic carbocycles. The van der Waals surface area contributed by atoms with Gasteiger partial charge in [-0.2, -0.15) is 0 Å². The Labute approximate surface area is 234 Å². The quantitative estimate of drug-likeness (QED) is 0.189. The highest BCUT2D eigenvalue weighted by atomic mass is 127. The lowest BCUT2D eigenvalue weighted by Gasteiger charge is -2.27. The molecule has 1 aliphatic rings. The van der Waals surface area contributed by atoms with Crippen LogP contribution in [0.5, 0.6) is 11.5 Å². The highest BCUT2D eigenvalue weighted by molar-refractivity contribution is 14.1. The van der Waals surface area contributed by atoms with E-state index in [9.17, 15) is 14.4 Å². The van der Waals surface area contributed by atoms with Crippen molar-refractivity contribution in [3.63, 3.8) is 0 Å². The Hall–Kier alpha value is -2.89. The number of amides is 4. The van der Waals surface area contributed by atoms with Gasteiger partial charge in [0.25, 0.3) is 11.8 Å². The number of nitrogens with zero attached hydrogens (tertiary/aromatic N) is 1. The van der Waals surface area contributed by atoms with Crippen LogP contribution >= 0.6 is 50.1 Å². The zero-order valence-electron chi connectivity index (χ0n) is 19.1. The first-order valence-corrected chi connectivity index (χ1v) is 12.9. The number of barbiturate groups is 1. The molecule has 0 saturated carbocycles. The van der Waals surface area contributed by atoms with Gasteiger partial charge in [0, 0.05) is 15.1 Å². The molecule has 0 aromatic heterocycles. The smallest absolute Gasteiger partial charge is 0.335 e. The third kappa shape index (κ3) is 5.42. The molecule has 10 heteroatoms. The van der Waals surface area contributed by atoms with E-state index in [1.807, 2.05) is 24.3 Å². The fourth-order valence-corrected chi connectivity index (χ4v) is 4.94. The summed E-state index contributed by atoms with van der Waals surface area (Å²) in [4.78, 5) is 39.4. The highest BCUT2D eigenvalue weighted by Crippen LogP contribution is 2.36. The van der Waals surface area contributed by atoms with Crippen molar-refractivity contribution in [3.8, 4) is 11.5 Å². The second-order valence-electron chi connectivity index (χ2n) is 7.80. The number of carbonyl (C=O) groups is 3. The molecule has 1 fully saturated rings. The van der Waals surface area contributed by atoms with E-state index in [2.05, 4.69) is 43.8 Å². The molecule has 1 heterocycles. The second-order valence-corrected chi connectivity index (χ2v) is 10.3. The van der Waals surface area contributed by atoms with Gasteiger partial charge >= 0.3 is 6.03 Å². The molecular weight excluding hydrogens is 663 g/mol. The standard InChI is InChI=1S/C26H19BrClIN2O5/c1-14-7-8-17(28)12-21(14)31-25(33)18(24(32)30-26(31)34)9-15-10-20(29)23(22(11-15)35-2)36-13-16-5-3-4-6-19(16)27/h3-12H,13H2,1-2H3,(H,30,32,34)/b18-9+. The summed E-state index contributed by atoms with van der Waals surface area (Å²) in [5.41, 5.74) is 2.24. The highest BCUT2D eigenvalue weighted by Gasteiger charge is 2.37. The van der Waals surface area contributed by atoms with Crippen LogP contribution in [-0.2, 0) is 16.2 Å². The molecule has 184 valence electrons. The number of rotatable bonds is 6. The van der Waals surface area contributed by atoms with E-state index in [-0.39, 0.29) is 5.57 Å². The van der Waals surface area contributed by atoms with Gasteiger partial charge in [0.15, 0.2) is 11.5 Å². The van der Waals surface area contributed by atoms with Gasteiger partial charge in [0.1, 0.15) is 12.2 Å². The third-order valence-corrected chi connectivity index (χ3v) is 7.22. The maximum atomic E-state index is 13.3. The van der Waals surface area contributed by atoms with E-state index < -0.39 is 17.8 Å². The predicted molar refractivity (Wildman–Crippen MR) is 149 cm³/mol. The average Bonchev–Trinajstić information content (AvgIpc) is 2.83. The fraction of sp³-hybridized carbons (Fsp3) is 0.115. The van der Waals surface area contributed by atoms with Crippen molar-refractivity contribution in [1.29, 1.82) is 0 Å². The van der Waals surface area contributed by atoms with Crippen LogP contribution in [0.2, 0.25) is 5.02 Å². The topological polar surface area (TPSA) is 84.9 Å². The number of hydrogen-bond donors (Lipinski definition) is 1. The minimum atomic E-state index is -0.838. The molecule has 0 unspecified atom stereocenters.